The van der Waals surface area contributed by atoms with Crippen molar-refractivity contribution in [2.24, 2.45) is 0 Å². The van der Waals surface area contributed by atoms with E-state index in [9.17, 15) is 13.2 Å². The number of carbonyl (C=O) groups excluding carboxylic acids is 1. The van der Waals surface area contributed by atoms with Gasteiger partial charge < -0.3 is 4.42 Å². The highest BCUT2D eigenvalue weighted by Gasteiger charge is 2.24. The van der Waals surface area contributed by atoms with Crippen LogP contribution in [0.4, 0.5) is 5.69 Å². The minimum absolute atomic E-state index is 0.252. The van der Waals surface area contributed by atoms with E-state index in [1.807, 2.05) is 18.2 Å². The van der Waals surface area contributed by atoms with E-state index in [1.54, 1.807) is 12.1 Å². The minimum atomic E-state index is -3.29. The molecule has 0 saturated carbocycles. The van der Waals surface area contributed by atoms with E-state index in [2.05, 4.69) is 0 Å². The van der Waals surface area contributed by atoms with Gasteiger partial charge in [0.1, 0.15) is 5.76 Å². The summed E-state index contributed by atoms with van der Waals surface area (Å²) < 4.78 is 30.6. The number of sulfonamides is 1. The Balaban J connectivity index is 2.09. The highest BCUT2D eigenvalue weighted by molar-refractivity contribution is 7.92. The number of benzene rings is 1. The van der Waals surface area contributed by atoms with Gasteiger partial charge in [-0.1, -0.05) is 12.1 Å². The molecule has 0 spiro atoms. The third kappa shape index (κ3) is 2.58. The molecule has 0 amide bonds. The molecule has 0 radical (unpaired) electrons. The van der Waals surface area contributed by atoms with Crippen molar-refractivity contribution in [3.8, 4) is 11.3 Å². The first-order valence-corrected chi connectivity index (χ1v) is 8.50. The monoisotopic (exact) mass is 305 g/mol. The van der Waals surface area contributed by atoms with E-state index in [1.165, 1.54) is 10.6 Å². The smallest absolute Gasteiger partial charge is 0.232 e. The molecule has 5 nitrogen and oxygen atoms in total. The van der Waals surface area contributed by atoms with Crippen molar-refractivity contribution in [3.63, 3.8) is 0 Å². The van der Waals surface area contributed by atoms with Crippen LogP contribution in [-0.2, 0) is 16.4 Å². The molecule has 21 heavy (non-hydrogen) atoms. The standard InChI is InChI=1S/C15H15NO4S/c1-21(18,19)16-8-2-3-11-4-5-12(9-14(11)16)15-7-6-13(10-17)20-15/h4-7,9-10H,2-3,8H2,1H3. The maximum Gasteiger partial charge on any atom is 0.232 e. The van der Waals surface area contributed by atoms with Gasteiger partial charge in [-0.2, -0.15) is 0 Å². The minimum Gasteiger partial charge on any atom is -0.453 e. The van der Waals surface area contributed by atoms with E-state index < -0.39 is 10.0 Å². The zero-order valence-corrected chi connectivity index (χ0v) is 12.4. The van der Waals surface area contributed by atoms with E-state index in [-0.39, 0.29) is 5.76 Å². The van der Waals surface area contributed by atoms with Crippen LogP contribution in [-0.4, -0.2) is 27.5 Å². The normalized spacial score (nSPS) is 14.8. The van der Waals surface area contributed by atoms with Crippen molar-refractivity contribution in [2.75, 3.05) is 17.1 Å². The lowest BCUT2D eigenvalue weighted by atomic mass is 10.0. The Morgan fingerprint density at radius 2 is 2.05 bits per heavy atom. The van der Waals surface area contributed by atoms with Crippen molar-refractivity contribution >= 4 is 22.0 Å². The quantitative estimate of drug-likeness (QED) is 0.817. The number of anilines is 1. The number of fused-ring (bicyclic) bond motifs is 1. The first kappa shape index (κ1) is 13.9. The van der Waals surface area contributed by atoms with Crippen molar-refractivity contribution in [1.29, 1.82) is 0 Å². The predicted octanol–water partition coefficient (Wildman–Crippen LogP) is 2.47. The molecule has 0 unspecified atom stereocenters. The van der Waals surface area contributed by atoms with Crippen molar-refractivity contribution in [2.45, 2.75) is 12.8 Å². The van der Waals surface area contributed by atoms with E-state index in [0.717, 1.165) is 24.0 Å². The fraction of sp³-hybridized carbons (Fsp3) is 0.267. The molecule has 1 aliphatic rings. The van der Waals surface area contributed by atoms with E-state index in [4.69, 9.17) is 4.42 Å². The van der Waals surface area contributed by atoms with Gasteiger partial charge in [0.2, 0.25) is 10.0 Å². The maximum atomic E-state index is 11.9. The molecule has 110 valence electrons. The van der Waals surface area contributed by atoms with E-state index in [0.29, 0.717) is 24.3 Å². The first-order valence-electron chi connectivity index (χ1n) is 6.65. The summed E-state index contributed by atoms with van der Waals surface area (Å²) in [6.07, 6.45) is 3.53. The third-order valence-corrected chi connectivity index (χ3v) is 4.77. The van der Waals surface area contributed by atoms with Crippen LogP contribution in [0.1, 0.15) is 22.5 Å². The van der Waals surface area contributed by atoms with Gasteiger partial charge in [-0.3, -0.25) is 9.10 Å². The summed E-state index contributed by atoms with van der Waals surface area (Å²) in [4.78, 5) is 10.7. The lowest BCUT2D eigenvalue weighted by Crippen LogP contribution is -2.34. The molecule has 0 bridgehead atoms. The molecule has 1 aromatic carbocycles. The molecule has 0 N–H and O–H groups in total. The largest absolute Gasteiger partial charge is 0.453 e. The number of aldehydes is 1. The Bertz CT molecular complexity index is 792. The van der Waals surface area contributed by atoms with Gasteiger partial charge in [0.05, 0.1) is 11.9 Å². The molecule has 0 aliphatic carbocycles. The Labute approximate surface area is 123 Å². The topological polar surface area (TPSA) is 67.6 Å². The molecular weight excluding hydrogens is 290 g/mol. The lowest BCUT2D eigenvalue weighted by Gasteiger charge is -2.29. The Hall–Kier alpha value is -2.08. The molecule has 6 heteroatoms. The second kappa shape index (κ2) is 5.04. The van der Waals surface area contributed by atoms with Gasteiger partial charge in [-0.15, -0.1) is 0 Å². The Morgan fingerprint density at radius 3 is 2.71 bits per heavy atom. The fourth-order valence-electron chi connectivity index (χ4n) is 2.61. The predicted molar refractivity (Wildman–Crippen MR) is 80.0 cm³/mol. The van der Waals surface area contributed by atoms with Crippen LogP contribution in [0.15, 0.2) is 34.7 Å². The first-order chi connectivity index (χ1) is 9.99. The lowest BCUT2D eigenvalue weighted by molar-refractivity contribution is 0.110. The zero-order valence-electron chi connectivity index (χ0n) is 11.6. The van der Waals surface area contributed by atoms with Crippen LogP contribution in [0.2, 0.25) is 0 Å². The summed E-state index contributed by atoms with van der Waals surface area (Å²) in [6, 6.07) is 8.92. The number of nitrogens with zero attached hydrogens (tertiary/aromatic N) is 1. The van der Waals surface area contributed by atoms with Crippen LogP contribution in [0.5, 0.6) is 0 Å². The molecule has 0 atom stereocenters. The van der Waals surface area contributed by atoms with Crippen molar-refractivity contribution in [1.82, 2.24) is 0 Å². The number of aryl methyl sites for hydroxylation is 1. The van der Waals surface area contributed by atoms with Gasteiger partial charge in [0.15, 0.2) is 12.0 Å². The van der Waals surface area contributed by atoms with E-state index >= 15 is 0 Å². The molecule has 0 saturated heterocycles. The van der Waals surface area contributed by atoms with Gasteiger partial charge in [-0.05, 0) is 36.6 Å². The summed E-state index contributed by atoms with van der Waals surface area (Å²) in [7, 11) is -3.29. The van der Waals surface area contributed by atoms with Gasteiger partial charge >= 0.3 is 0 Å². The maximum absolute atomic E-state index is 11.9. The summed E-state index contributed by atoms with van der Waals surface area (Å²) in [6.45, 7) is 0.493. The van der Waals surface area contributed by atoms with Gasteiger partial charge in [-0.25, -0.2) is 8.42 Å². The molecule has 1 aromatic heterocycles. The number of rotatable bonds is 3. The van der Waals surface area contributed by atoms with Crippen LogP contribution in [0.3, 0.4) is 0 Å². The van der Waals surface area contributed by atoms with Crippen LogP contribution in [0.25, 0.3) is 11.3 Å². The molecule has 2 heterocycles. The molecule has 1 aliphatic heterocycles. The summed E-state index contributed by atoms with van der Waals surface area (Å²) in [5, 5.41) is 0. The average Bonchev–Trinajstić information content (AvgIpc) is 2.94. The van der Waals surface area contributed by atoms with Crippen LogP contribution >= 0.6 is 0 Å². The Morgan fingerprint density at radius 1 is 1.24 bits per heavy atom. The van der Waals surface area contributed by atoms with Crippen LogP contribution in [0, 0.1) is 0 Å². The van der Waals surface area contributed by atoms with Crippen LogP contribution < -0.4 is 4.31 Å². The molecule has 0 fully saturated rings. The summed E-state index contributed by atoms with van der Waals surface area (Å²) in [5.41, 5.74) is 2.47. The molecule has 3 rings (SSSR count). The molecular formula is C15H15NO4S. The fourth-order valence-corrected chi connectivity index (χ4v) is 3.60. The second-order valence-electron chi connectivity index (χ2n) is 5.10. The average molecular weight is 305 g/mol. The molecule has 2 aromatic rings. The SMILES string of the molecule is CS(=O)(=O)N1CCCc2ccc(-c3ccc(C=O)o3)cc21. The second-order valence-corrected chi connectivity index (χ2v) is 7.01. The zero-order chi connectivity index (χ0) is 15.0. The highest BCUT2D eigenvalue weighted by atomic mass is 32.2. The van der Waals surface area contributed by atoms with Gasteiger partial charge in [0, 0.05) is 12.1 Å². The number of hydrogen-bond acceptors (Lipinski definition) is 4. The van der Waals surface area contributed by atoms with Crippen molar-refractivity contribution in [3.05, 3.63) is 41.7 Å². The summed E-state index contributed by atoms with van der Waals surface area (Å²) >= 11 is 0. The number of furan rings is 1. The highest BCUT2D eigenvalue weighted by Crippen LogP contribution is 2.33. The summed E-state index contributed by atoms with van der Waals surface area (Å²) in [5.74, 6) is 0.807. The third-order valence-electron chi connectivity index (χ3n) is 3.59. The number of hydrogen-bond donors (Lipinski definition) is 0. The van der Waals surface area contributed by atoms with Crippen molar-refractivity contribution < 1.29 is 17.6 Å². The van der Waals surface area contributed by atoms with Gasteiger partial charge in [0.25, 0.3) is 0 Å². The number of carbonyl (C=O) groups is 1. The Kier molecular flexibility index (Phi) is 3.33.